The number of thiazole rings is 1. The van der Waals surface area contributed by atoms with Crippen LogP contribution in [0.2, 0.25) is 0 Å². The van der Waals surface area contributed by atoms with E-state index in [1.165, 1.54) is 0 Å². The summed E-state index contributed by atoms with van der Waals surface area (Å²) in [5, 5.41) is 1.01. The molecule has 0 saturated carbocycles. The number of methoxy groups -OCH3 is 1. The maximum absolute atomic E-state index is 5.81. The van der Waals surface area contributed by atoms with Gasteiger partial charge in [0.05, 0.1) is 17.7 Å². The van der Waals surface area contributed by atoms with Gasteiger partial charge in [-0.25, -0.2) is 4.98 Å². The molecule has 0 saturated heterocycles. The zero-order chi connectivity index (χ0) is 15.4. The average molecular weight is 311 g/mol. The lowest BCUT2D eigenvalue weighted by Crippen LogP contribution is -1.94. The standard InChI is InChI=1S/C18H17NO2S/c1-13-17(12-21-16-6-4-3-5-7-16)22-18(19-13)14-8-10-15(20-2)11-9-14/h3-11H,12H2,1-2H3. The Hall–Kier alpha value is -2.33. The van der Waals surface area contributed by atoms with Crippen molar-refractivity contribution in [1.29, 1.82) is 0 Å². The van der Waals surface area contributed by atoms with Crippen molar-refractivity contribution in [1.82, 2.24) is 4.98 Å². The molecule has 0 atom stereocenters. The van der Waals surface area contributed by atoms with Crippen LogP contribution in [0.5, 0.6) is 11.5 Å². The van der Waals surface area contributed by atoms with Crippen LogP contribution in [0.3, 0.4) is 0 Å². The number of nitrogens with zero attached hydrogens (tertiary/aromatic N) is 1. The van der Waals surface area contributed by atoms with Crippen molar-refractivity contribution in [2.45, 2.75) is 13.5 Å². The molecule has 0 fully saturated rings. The molecule has 0 bridgehead atoms. The van der Waals surface area contributed by atoms with Crippen molar-refractivity contribution in [3.63, 3.8) is 0 Å². The lowest BCUT2D eigenvalue weighted by atomic mass is 10.2. The molecule has 3 aromatic rings. The summed E-state index contributed by atoms with van der Waals surface area (Å²) in [4.78, 5) is 5.79. The number of aryl methyl sites for hydroxylation is 1. The van der Waals surface area contributed by atoms with E-state index in [1.807, 2.05) is 61.5 Å². The third kappa shape index (κ3) is 3.28. The minimum Gasteiger partial charge on any atom is -0.497 e. The predicted molar refractivity (Wildman–Crippen MR) is 89.6 cm³/mol. The maximum Gasteiger partial charge on any atom is 0.124 e. The van der Waals surface area contributed by atoms with Gasteiger partial charge in [0.25, 0.3) is 0 Å². The Morgan fingerprint density at radius 2 is 1.68 bits per heavy atom. The lowest BCUT2D eigenvalue weighted by molar-refractivity contribution is 0.309. The quantitative estimate of drug-likeness (QED) is 0.684. The van der Waals surface area contributed by atoms with Gasteiger partial charge in [0.15, 0.2) is 0 Å². The maximum atomic E-state index is 5.81. The second kappa shape index (κ2) is 6.62. The molecule has 0 spiro atoms. The SMILES string of the molecule is COc1ccc(-c2nc(C)c(COc3ccccc3)s2)cc1. The van der Waals surface area contributed by atoms with Gasteiger partial charge in [0.1, 0.15) is 23.1 Å². The molecule has 3 rings (SSSR count). The first-order valence-electron chi connectivity index (χ1n) is 7.05. The number of ether oxygens (including phenoxy) is 2. The number of aromatic nitrogens is 1. The highest BCUT2D eigenvalue weighted by atomic mass is 32.1. The second-order valence-electron chi connectivity index (χ2n) is 4.86. The molecule has 112 valence electrons. The van der Waals surface area contributed by atoms with Gasteiger partial charge >= 0.3 is 0 Å². The average Bonchev–Trinajstić information content (AvgIpc) is 2.95. The minimum atomic E-state index is 0.545. The van der Waals surface area contributed by atoms with E-state index in [1.54, 1.807) is 18.4 Å². The highest BCUT2D eigenvalue weighted by molar-refractivity contribution is 7.15. The highest BCUT2D eigenvalue weighted by Crippen LogP contribution is 2.29. The highest BCUT2D eigenvalue weighted by Gasteiger charge is 2.10. The molecule has 22 heavy (non-hydrogen) atoms. The Kier molecular flexibility index (Phi) is 4.39. The van der Waals surface area contributed by atoms with Crippen molar-refractivity contribution in [2.24, 2.45) is 0 Å². The van der Waals surface area contributed by atoms with E-state index >= 15 is 0 Å². The summed E-state index contributed by atoms with van der Waals surface area (Å²) in [5.74, 6) is 1.73. The molecule has 0 aliphatic carbocycles. The minimum absolute atomic E-state index is 0.545. The van der Waals surface area contributed by atoms with Crippen LogP contribution >= 0.6 is 11.3 Å². The Morgan fingerprint density at radius 3 is 2.36 bits per heavy atom. The monoisotopic (exact) mass is 311 g/mol. The summed E-state index contributed by atoms with van der Waals surface area (Å²) in [5.41, 5.74) is 2.12. The van der Waals surface area contributed by atoms with Gasteiger partial charge in [-0.2, -0.15) is 0 Å². The van der Waals surface area contributed by atoms with E-state index in [0.29, 0.717) is 6.61 Å². The molecule has 0 amide bonds. The van der Waals surface area contributed by atoms with Crippen LogP contribution in [0.15, 0.2) is 54.6 Å². The molecule has 0 N–H and O–H groups in total. The number of rotatable bonds is 5. The van der Waals surface area contributed by atoms with Gasteiger partial charge in [-0.3, -0.25) is 0 Å². The smallest absolute Gasteiger partial charge is 0.124 e. The lowest BCUT2D eigenvalue weighted by Gasteiger charge is -2.04. The summed E-state index contributed by atoms with van der Waals surface area (Å²) in [6.07, 6.45) is 0. The molecule has 0 radical (unpaired) electrons. The molecule has 3 nitrogen and oxygen atoms in total. The third-order valence-electron chi connectivity index (χ3n) is 3.34. The van der Waals surface area contributed by atoms with E-state index in [-0.39, 0.29) is 0 Å². The number of benzene rings is 2. The predicted octanol–water partition coefficient (Wildman–Crippen LogP) is 4.71. The fraction of sp³-hybridized carbons (Fsp3) is 0.167. The molecular weight excluding hydrogens is 294 g/mol. The van der Waals surface area contributed by atoms with Crippen LogP contribution in [0.4, 0.5) is 0 Å². The van der Waals surface area contributed by atoms with Crippen LogP contribution in [-0.2, 0) is 6.61 Å². The van der Waals surface area contributed by atoms with Crippen molar-refractivity contribution in [2.75, 3.05) is 7.11 Å². The molecule has 0 aliphatic heterocycles. The molecular formula is C18H17NO2S. The van der Waals surface area contributed by atoms with E-state index in [9.17, 15) is 0 Å². The molecule has 4 heteroatoms. The first-order valence-corrected chi connectivity index (χ1v) is 7.86. The van der Waals surface area contributed by atoms with Crippen LogP contribution in [0.25, 0.3) is 10.6 Å². The van der Waals surface area contributed by atoms with Crippen LogP contribution < -0.4 is 9.47 Å². The van der Waals surface area contributed by atoms with Gasteiger partial charge in [-0.15, -0.1) is 11.3 Å². The van der Waals surface area contributed by atoms with Gasteiger partial charge in [-0.05, 0) is 43.3 Å². The molecule has 1 heterocycles. The summed E-state index contributed by atoms with van der Waals surface area (Å²) < 4.78 is 11.0. The molecule has 0 unspecified atom stereocenters. The molecule has 0 aliphatic rings. The summed E-state index contributed by atoms with van der Waals surface area (Å²) in [6.45, 7) is 2.57. The third-order valence-corrected chi connectivity index (χ3v) is 4.52. The fourth-order valence-electron chi connectivity index (χ4n) is 2.08. The van der Waals surface area contributed by atoms with Crippen molar-refractivity contribution >= 4 is 11.3 Å². The first-order chi connectivity index (χ1) is 10.8. The second-order valence-corrected chi connectivity index (χ2v) is 5.94. The fourth-order valence-corrected chi connectivity index (χ4v) is 3.07. The number of hydrogen-bond acceptors (Lipinski definition) is 4. The van der Waals surface area contributed by atoms with E-state index in [2.05, 4.69) is 4.98 Å². The van der Waals surface area contributed by atoms with E-state index in [0.717, 1.165) is 32.6 Å². The van der Waals surface area contributed by atoms with Crippen LogP contribution in [-0.4, -0.2) is 12.1 Å². The molecule has 2 aromatic carbocycles. The normalized spacial score (nSPS) is 10.5. The Labute approximate surface area is 134 Å². The Morgan fingerprint density at radius 1 is 0.955 bits per heavy atom. The number of para-hydroxylation sites is 1. The van der Waals surface area contributed by atoms with Gasteiger partial charge in [0.2, 0.25) is 0 Å². The van der Waals surface area contributed by atoms with Crippen LogP contribution in [0.1, 0.15) is 10.6 Å². The van der Waals surface area contributed by atoms with Crippen molar-refractivity contribution in [3.05, 3.63) is 65.2 Å². The first kappa shape index (κ1) is 14.6. The van der Waals surface area contributed by atoms with Crippen molar-refractivity contribution in [3.8, 4) is 22.1 Å². The zero-order valence-corrected chi connectivity index (χ0v) is 13.4. The van der Waals surface area contributed by atoms with Gasteiger partial charge in [0, 0.05) is 5.56 Å². The topological polar surface area (TPSA) is 31.4 Å². The van der Waals surface area contributed by atoms with E-state index in [4.69, 9.17) is 9.47 Å². The Bertz CT molecular complexity index is 736. The van der Waals surface area contributed by atoms with E-state index < -0.39 is 0 Å². The Balaban J connectivity index is 1.75. The summed E-state index contributed by atoms with van der Waals surface area (Å²) in [6, 6.07) is 17.8. The zero-order valence-electron chi connectivity index (χ0n) is 12.6. The summed E-state index contributed by atoms with van der Waals surface area (Å²) in [7, 11) is 1.67. The largest absolute Gasteiger partial charge is 0.497 e. The van der Waals surface area contributed by atoms with Crippen molar-refractivity contribution < 1.29 is 9.47 Å². The van der Waals surface area contributed by atoms with Crippen LogP contribution in [0, 0.1) is 6.92 Å². The summed E-state index contributed by atoms with van der Waals surface area (Å²) >= 11 is 1.67. The van der Waals surface area contributed by atoms with Gasteiger partial charge < -0.3 is 9.47 Å². The number of hydrogen-bond donors (Lipinski definition) is 0. The molecule has 1 aromatic heterocycles. The van der Waals surface area contributed by atoms with Gasteiger partial charge in [-0.1, -0.05) is 18.2 Å².